The molecular weight excluding hydrogens is 687 g/mol. The largest absolute Gasteiger partial charge is 0.456 e. The lowest BCUT2D eigenvalue weighted by molar-refractivity contribution is 0.590. The topological polar surface area (TPSA) is 30.1 Å². The lowest BCUT2D eigenvalue weighted by atomic mass is 9.59. The van der Waals surface area contributed by atoms with Crippen LogP contribution in [0.25, 0.3) is 91.5 Å². The molecule has 12 rings (SSSR count). The molecular formula is C50H34BN2OS. The Bertz CT molecular complexity index is 3410. The van der Waals surface area contributed by atoms with E-state index in [0.29, 0.717) is 0 Å². The van der Waals surface area contributed by atoms with Gasteiger partial charge < -0.3 is 14.3 Å². The quantitative estimate of drug-likeness (QED) is 0.184. The summed E-state index contributed by atoms with van der Waals surface area (Å²) < 4.78 is 11.6. The van der Waals surface area contributed by atoms with Gasteiger partial charge in [0.15, 0.2) is 7.28 Å². The third kappa shape index (κ3) is 4.57. The maximum Gasteiger partial charge on any atom is 0.198 e. The Morgan fingerprint density at radius 3 is 2.18 bits per heavy atom. The van der Waals surface area contributed by atoms with Crippen molar-refractivity contribution in [2.75, 3.05) is 5.32 Å². The van der Waals surface area contributed by atoms with Crippen LogP contribution in [0.4, 0.5) is 11.4 Å². The van der Waals surface area contributed by atoms with Crippen molar-refractivity contribution in [2.45, 2.75) is 26.2 Å². The molecule has 0 saturated heterocycles. The van der Waals surface area contributed by atoms with Gasteiger partial charge in [-0.25, -0.2) is 0 Å². The first-order valence-electron chi connectivity index (χ1n) is 19.0. The SMILES string of the molecule is CC(C)(C)c1ccc(Nc2cc3ccccc3cc2-c2ccc3c4cc5c(cc4n4c3c2[B]c2cc3oc6ccccc6c3cc2-4)sc2ccccc25)cc1. The maximum absolute atomic E-state index is 6.48. The number of benzene rings is 8. The van der Waals surface area contributed by atoms with Crippen molar-refractivity contribution in [3.8, 4) is 16.8 Å². The molecule has 0 unspecified atom stereocenters. The van der Waals surface area contributed by atoms with E-state index >= 15 is 0 Å². The van der Waals surface area contributed by atoms with E-state index in [-0.39, 0.29) is 5.41 Å². The second-order valence-electron chi connectivity index (χ2n) is 16.1. The first kappa shape index (κ1) is 31.1. The van der Waals surface area contributed by atoms with Gasteiger partial charge >= 0.3 is 0 Å². The molecule has 1 aliphatic rings. The molecule has 0 fully saturated rings. The van der Waals surface area contributed by atoms with Crippen LogP contribution >= 0.6 is 11.3 Å². The van der Waals surface area contributed by atoms with Crippen LogP contribution < -0.4 is 16.2 Å². The van der Waals surface area contributed by atoms with E-state index in [1.54, 1.807) is 0 Å². The normalized spacial score (nSPS) is 12.8. The highest BCUT2D eigenvalue weighted by Crippen LogP contribution is 2.43. The van der Waals surface area contributed by atoms with Gasteiger partial charge in [-0.05, 0) is 93.4 Å². The zero-order valence-electron chi connectivity index (χ0n) is 30.7. The highest BCUT2D eigenvalue weighted by atomic mass is 32.1. The van der Waals surface area contributed by atoms with Gasteiger partial charge in [-0.3, -0.25) is 0 Å². The van der Waals surface area contributed by atoms with Crippen LogP contribution in [0.2, 0.25) is 0 Å². The summed E-state index contributed by atoms with van der Waals surface area (Å²) in [7, 11) is 2.40. The van der Waals surface area contributed by atoms with Gasteiger partial charge in [0.05, 0.1) is 5.52 Å². The van der Waals surface area contributed by atoms with Gasteiger partial charge in [-0.2, -0.15) is 0 Å². The highest BCUT2D eigenvalue weighted by molar-refractivity contribution is 7.25. The number of anilines is 2. The predicted molar refractivity (Wildman–Crippen MR) is 237 cm³/mol. The number of para-hydroxylation sites is 1. The minimum absolute atomic E-state index is 0.0888. The highest BCUT2D eigenvalue weighted by Gasteiger charge is 2.28. The van der Waals surface area contributed by atoms with Gasteiger partial charge in [0.2, 0.25) is 0 Å². The number of furan rings is 1. The molecule has 3 aromatic heterocycles. The maximum atomic E-state index is 6.48. The van der Waals surface area contributed by atoms with E-state index in [9.17, 15) is 0 Å². The average Bonchev–Trinajstić information content (AvgIpc) is 3.85. The Labute approximate surface area is 322 Å². The van der Waals surface area contributed by atoms with E-state index in [4.69, 9.17) is 4.42 Å². The molecule has 0 bridgehead atoms. The van der Waals surface area contributed by atoms with Crippen LogP contribution in [0.1, 0.15) is 26.3 Å². The summed E-state index contributed by atoms with van der Waals surface area (Å²) >= 11 is 1.88. The molecule has 55 heavy (non-hydrogen) atoms. The van der Waals surface area contributed by atoms with Crippen molar-refractivity contribution in [3.63, 3.8) is 0 Å². The first-order chi connectivity index (χ1) is 26.9. The second kappa shape index (κ2) is 11.1. The Balaban J connectivity index is 1.15. The molecule has 1 N–H and O–H groups in total. The number of thiophene rings is 1. The van der Waals surface area contributed by atoms with Crippen molar-refractivity contribution in [1.29, 1.82) is 0 Å². The fourth-order valence-corrected chi connectivity index (χ4v) is 10.1. The van der Waals surface area contributed by atoms with E-state index in [0.717, 1.165) is 38.8 Å². The molecule has 1 radical (unpaired) electrons. The van der Waals surface area contributed by atoms with Crippen molar-refractivity contribution < 1.29 is 4.42 Å². The molecule has 0 saturated carbocycles. The zero-order valence-corrected chi connectivity index (χ0v) is 31.5. The van der Waals surface area contributed by atoms with Crippen molar-refractivity contribution >= 4 is 116 Å². The van der Waals surface area contributed by atoms with Gasteiger partial charge in [-0.1, -0.05) is 111 Å². The monoisotopic (exact) mass is 721 g/mol. The number of nitrogens with one attached hydrogen (secondary N) is 1. The third-order valence-corrected chi connectivity index (χ3v) is 12.9. The van der Waals surface area contributed by atoms with Gasteiger partial charge in [0.25, 0.3) is 0 Å². The number of aromatic nitrogens is 1. The molecule has 259 valence electrons. The summed E-state index contributed by atoms with van der Waals surface area (Å²) in [5.41, 5.74) is 13.8. The van der Waals surface area contributed by atoms with E-state index in [1.165, 1.54) is 80.6 Å². The second-order valence-corrected chi connectivity index (χ2v) is 17.2. The average molecular weight is 722 g/mol. The molecule has 8 aromatic carbocycles. The Kier molecular flexibility index (Phi) is 6.29. The van der Waals surface area contributed by atoms with Gasteiger partial charge in [0, 0.05) is 69.9 Å². The Hall–Kier alpha value is -6.30. The molecule has 4 heterocycles. The number of nitrogens with zero attached hydrogens (tertiary/aromatic N) is 1. The third-order valence-electron chi connectivity index (χ3n) is 11.7. The van der Waals surface area contributed by atoms with E-state index in [2.05, 4.69) is 177 Å². The molecule has 0 aliphatic carbocycles. The summed E-state index contributed by atoms with van der Waals surface area (Å²) in [6, 6.07) is 53.6. The van der Waals surface area contributed by atoms with Crippen molar-refractivity contribution in [2.24, 2.45) is 0 Å². The molecule has 0 atom stereocenters. The number of fused-ring (bicyclic) bond motifs is 12. The summed E-state index contributed by atoms with van der Waals surface area (Å²) in [6.45, 7) is 6.78. The Morgan fingerprint density at radius 2 is 1.35 bits per heavy atom. The van der Waals surface area contributed by atoms with Crippen LogP contribution in [0.15, 0.2) is 150 Å². The number of hydrogen-bond donors (Lipinski definition) is 1. The van der Waals surface area contributed by atoms with Gasteiger partial charge in [-0.15, -0.1) is 11.3 Å². The number of rotatable bonds is 3. The van der Waals surface area contributed by atoms with Crippen LogP contribution in [-0.2, 0) is 5.41 Å². The molecule has 11 aromatic rings. The molecule has 3 nitrogen and oxygen atoms in total. The van der Waals surface area contributed by atoms with Crippen LogP contribution in [0, 0.1) is 0 Å². The van der Waals surface area contributed by atoms with Crippen LogP contribution in [0.5, 0.6) is 0 Å². The smallest absolute Gasteiger partial charge is 0.198 e. The summed E-state index contributed by atoms with van der Waals surface area (Å²) in [6.07, 6.45) is 0. The molecule has 0 spiro atoms. The lowest BCUT2D eigenvalue weighted by Crippen LogP contribution is -2.37. The zero-order chi connectivity index (χ0) is 36.6. The fraction of sp³-hybridized carbons (Fsp3) is 0.0800. The predicted octanol–water partition coefficient (Wildman–Crippen LogP) is 12.9. The molecule has 0 amide bonds. The minimum atomic E-state index is 0.0888. The van der Waals surface area contributed by atoms with E-state index in [1.807, 2.05) is 17.4 Å². The van der Waals surface area contributed by atoms with Crippen molar-refractivity contribution in [1.82, 2.24) is 4.57 Å². The first-order valence-corrected chi connectivity index (χ1v) is 19.8. The molecule has 5 heteroatoms. The van der Waals surface area contributed by atoms with Crippen LogP contribution in [0.3, 0.4) is 0 Å². The summed E-state index contributed by atoms with van der Waals surface area (Å²) in [5.74, 6) is 0. The number of hydrogen-bond acceptors (Lipinski definition) is 3. The fourth-order valence-electron chi connectivity index (χ4n) is 9.00. The van der Waals surface area contributed by atoms with Crippen molar-refractivity contribution in [3.05, 3.63) is 151 Å². The minimum Gasteiger partial charge on any atom is -0.456 e. The standard InChI is InChI=1S/C50H34BN2OS/c1-50(2,3)30-16-18-31(19-17-30)52-41-23-29-11-5-4-10-28(29)22-36(41)34-20-21-35-37-24-39-33-13-7-9-15-46(33)55-47(39)27-42(37)53-43-25-38-32-12-6-8-14-44(32)54-45(38)26-40(43)51-48(34)49(35)53/h4-27,52H,1-3H3. The van der Waals surface area contributed by atoms with Crippen LogP contribution in [-0.4, -0.2) is 11.8 Å². The van der Waals surface area contributed by atoms with Gasteiger partial charge in [0.1, 0.15) is 11.2 Å². The Morgan fingerprint density at radius 1 is 0.582 bits per heavy atom. The summed E-state index contributed by atoms with van der Waals surface area (Å²) in [4.78, 5) is 0. The lowest BCUT2D eigenvalue weighted by Gasteiger charge is -2.24. The summed E-state index contributed by atoms with van der Waals surface area (Å²) in [5, 5.41) is 13.7. The van der Waals surface area contributed by atoms with E-state index < -0.39 is 0 Å². The molecule has 1 aliphatic heterocycles.